The number of rotatable bonds is 2. The molecule has 2 N–H and O–H groups in total. The van der Waals surface area contributed by atoms with Gasteiger partial charge in [-0.25, -0.2) is 4.98 Å². The molecule has 0 saturated heterocycles. The number of halogens is 2. The first kappa shape index (κ1) is 15.8. The van der Waals surface area contributed by atoms with Gasteiger partial charge in [0.1, 0.15) is 23.0 Å². The molecule has 0 bridgehead atoms. The Balaban J connectivity index is 2.07. The van der Waals surface area contributed by atoms with E-state index in [-0.39, 0.29) is 16.5 Å². The summed E-state index contributed by atoms with van der Waals surface area (Å²) in [6.45, 7) is 0. The van der Waals surface area contributed by atoms with Gasteiger partial charge in [-0.2, -0.15) is 0 Å². The number of fused-ring (bicyclic) bond motifs is 1. The second-order valence-electron chi connectivity index (χ2n) is 5.54. The highest BCUT2D eigenvalue weighted by atomic mass is 35.5. The number of pyridine rings is 1. The van der Waals surface area contributed by atoms with Gasteiger partial charge >= 0.3 is 0 Å². The minimum atomic E-state index is -0.0920. The zero-order chi connectivity index (χ0) is 17.6. The van der Waals surface area contributed by atoms with E-state index in [4.69, 9.17) is 23.2 Å². The van der Waals surface area contributed by atoms with Crippen LogP contribution in [0.3, 0.4) is 0 Å². The quantitative estimate of drug-likeness (QED) is 0.497. The van der Waals surface area contributed by atoms with Gasteiger partial charge in [-0.15, -0.1) is 0 Å². The van der Waals surface area contributed by atoms with Crippen molar-refractivity contribution in [2.45, 2.75) is 0 Å². The highest BCUT2D eigenvalue weighted by molar-refractivity contribution is 6.36. The maximum absolute atomic E-state index is 10.4. The van der Waals surface area contributed by atoms with E-state index in [1.165, 1.54) is 6.07 Å². The molecule has 2 aromatic heterocycles. The van der Waals surface area contributed by atoms with Crippen LogP contribution in [0.15, 0.2) is 60.8 Å². The van der Waals surface area contributed by atoms with E-state index in [0.717, 1.165) is 5.52 Å². The molecule has 4 aromatic rings. The largest absolute Gasteiger partial charge is 0.507 e. The van der Waals surface area contributed by atoms with Crippen LogP contribution < -0.4 is 0 Å². The van der Waals surface area contributed by atoms with Crippen LogP contribution in [-0.2, 0) is 0 Å². The molecule has 4 nitrogen and oxygen atoms in total. The summed E-state index contributed by atoms with van der Waals surface area (Å²) in [5.74, 6) is 0.521. The van der Waals surface area contributed by atoms with Crippen LogP contribution in [0, 0.1) is 0 Å². The predicted molar refractivity (Wildman–Crippen MR) is 99.4 cm³/mol. The normalized spacial score (nSPS) is 11.1. The molecule has 4 rings (SSSR count). The fraction of sp³-hybridized carbons (Fsp3) is 0. The number of hydrogen-bond donors (Lipinski definition) is 2. The molecular formula is C19H12Cl2N2O2. The lowest BCUT2D eigenvalue weighted by Crippen LogP contribution is -1.89. The van der Waals surface area contributed by atoms with Crippen molar-refractivity contribution in [2.75, 3.05) is 0 Å². The monoisotopic (exact) mass is 370 g/mol. The van der Waals surface area contributed by atoms with Crippen molar-refractivity contribution in [2.24, 2.45) is 0 Å². The minimum absolute atomic E-state index is 0.0920. The van der Waals surface area contributed by atoms with E-state index in [9.17, 15) is 10.2 Å². The van der Waals surface area contributed by atoms with E-state index in [1.54, 1.807) is 24.3 Å². The molecule has 0 unspecified atom stereocenters. The van der Waals surface area contributed by atoms with E-state index in [0.29, 0.717) is 27.7 Å². The van der Waals surface area contributed by atoms with Crippen LogP contribution in [0.1, 0.15) is 0 Å². The smallest absolute Gasteiger partial charge is 0.149 e. The zero-order valence-electron chi connectivity index (χ0n) is 12.8. The summed E-state index contributed by atoms with van der Waals surface area (Å²) in [6.07, 6.45) is 1.83. The molecule has 0 amide bonds. The number of hydrogen-bond acceptors (Lipinski definition) is 3. The van der Waals surface area contributed by atoms with Crippen LogP contribution in [0.4, 0.5) is 0 Å². The van der Waals surface area contributed by atoms with Crippen molar-refractivity contribution in [3.05, 3.63) is 70.8 Å². The fourth-order valence-corrected chi connectivity index (χ4v) is 3.33. The van der Waals surface area contributed by atoms with E-state index < -0.39 is 0 Å². The number of benzene rings is 2. The van der Waals surface area contributed by atoms with E-state index >= 15 is 0 Å². The Morgan fingerprint density at radius 3 is 2.44 bits per heavy atom. The molecule has 6 heteroatoms. The Bertz CT molecular complexity index is 1110. The van der Waals surface area contributed by atoms with Gasteiger partial charge in [0, 0.05) is 16.8 Å². The summed E-state index contributed by atoms with van der Waals surface area (Å²) in [4.78, 5) is 4.66. The van der Waals surface area contributed by atoms with E-state index in [2.05, 4.69) is 4.98 Å². The van der Waals surface area contributed by atoms with Gasteiger partial charge < -0.3 is 10.2 Å². The minimum Gasteiger partial charge on any atom is -0.507 e. The standard InChI is InChI=1S/C19H12Cl2N2O2/c20-11-9-13(18(25)14(21)10-11)19-22-17(12-5-1-2-7-16(12)24)15-6-3-4-8-23(15)19/h1-10,24-25H. The van der Waals surface area contributed by atoms with Crippen molar-refractivity contribution in [1.82, 2.24) is 9.38 Å². The Labute approximate surface area is 153 Å². The lowest BCUT2D eigenvalue weighted by atomic mass is 10.1. The van der Waals surface area contributed by atoms with Gasteiger partial charge in [0.25, 0.3) is 0 Å². The Hall–Kier alpha value is -2.69. The van der Waals surface area contributed by atoms with Crippen molar-refractivity contribution in [1.29, 1.82) is 0 Å². The molecule has 25 heavy (non-hydrogen) atoms. The van der Waals surface area contributed by atoms with Gasteiger partial charge in [0.2, 0.25) is 0 Å². The van der Waals surface area contributed by atoms with E-state index in [1.807, 2.05) is 34.9 Å². The average Bonchev–Trinajstić information content (AvgIpc) is 2.98. The SMILES string of the molecule is Oc1ccccc1-c1nc(-c2cc(Cl)cc(Cl)c2O)n2ccccc12. The molecule has 124 valence electrons. The second kappa shape index (κ2) is 5.99. The first-order valence-electron chi connectivity index (χ1n) is 7.50. The second-order valence-corrected chi connectivity index (χ2v) is 6.38. The Morgan fingerprint density at radius 1 is 0.880 bits per heavy atom. The maximum atomic E-state index is 10.4. The number of aromatic hydroxyl groups is 2. The molecule has 2 aromatic carbocycles. The van der Waals surface area contributed by atoms with Crippen LogP contribution >= 0.6 is 23.2 Å². The molecule has 0 radical (unpaired) electrons. The van der Waals surface area contributed by atoms with Gasteiger partial charge in [-0.1, -0.05) is 41.4 Å². The molecule has 2 heterocycles. The lowest BCUT2D eigenvalue weighted by molar-refractivity contribution is 0.477. The maximum Gasteiger partial charge on any atom is 0.149 e. The molecule has 0 atom stereocenters. The number of nitrogens with zero attached hydrogens (tertiary/aromatic N) is 2. The van der Waals surface area contributed by atoms with Crippen LogP contribution in [0.5, 0.6) is 11.5 Å². The summed E-state index contributed by atoms with van der Waals surface area (Å²) >= 11 is 12.2. The van der Waals surface area contributed by atoms with Crippen LogP contribution in [0.25, 0.3) is 28.2 Å². The third-order valence-corrected chi connectivity index (χ3v) is 4.48. The van der Waals surface area contributed by atoms with Crippen LogP contribution in [-0.4, -0.2) is 19.6 Å². The zero-order valence-corrected chi connectivity index (χ0v) is 14.3. The van der Waals surface area contributed by atoms with Gasteiger partial charge in [0.05, 0.1) is 16.1 Å². The highest BCUT2D eigenvalue weighted by Crippen LogP contribution is 2.40. The summed E-state index contributed by atoms with van der Waals surface area (Å²) in [7, 11) is 0. The topological polar surface area (TPSA) is 57.8 Å². The molecular weight excluding hydrogens is 359 g/mol. The molecule has 0 saturated carbocycles. The van der Waals surface area contributed by atoms with Gasteiger partial charge in [-0.05, 0) is 36.4 Å². The third-order valence-electron chi connectivity index (χ3n) is 3.98. The molecule has 0 aliphatic heterocycles. The van der Waals surface area contributed by atoms with Gasteiger partial charge in [0.15, 0.2) is 0 Å². The number of phenolic OH excluding ortho intramolecular Hbond substituents is 2. The Kier molecular flexibility index (Phi) is 3.79. The number of imidazole rings is 1. The van der Waals surface area contributed by atoms with Crippen LogP contribution in [0.2, 0.25) is 10.0 Å². The summed E-state index contributed by atoms with van der Waals surface area (Å²) in [5.41, 5.74) is 2.41. The number of phenols is 2. The average molecular weight is 371 g/mol. The first-order valence-corrected chi connectivity index (χ1v) is 8.25. The third kappa shape index (κ3) is 2.60. The van der Waals surface area contributed by atoms with Crippen molar-refractivity contribution >= 4 is 28.7 Å². The lowest BCUT2D eigenvalue weighted by Gasteiger charge is -2.06. The van der Waals surface area contributed by atoms with Crippen molar-refractivity contribution in [3.8, 4) is 34.1 Å². The van der Waals surface area contributed by atoms with Gasteiger partial charge in [-0.3, -0.25) is 4.40 Å². The van der Waals surface area contributed by atoms with Crippen molar-refractivity contribution in [3.63, 3.8) is 0 Å². The highest BCUT2D eigenvalue weighted by Gasteiger charge is 2.19. The number of para-hydroxylation sites is 1. The Morgan fingerprint density at radius 2 is 1.64 bits per heavy atom. The predicted octanol–water partition coefficient (Wildman–Crippen LogP) is 5.39. The first-order chi connectivity index (χ1) is 12.1. The number of aromatic nitrogens is 2. The van der Waals surface area contributed by atoms with Crippen molar-refractivity contribution < 1.29 is 10.2 Å². The summed E-state index contributed by atoms with van der Waals surface area (Å²) in [5, 5.41) is 21.1. The summed E-state index contributed by atoms with van der Waals surface area (Å²) in [6, 6.07) is 15.7. The summed E-state index contributed by atoms with van der Waals surface area (Å²) < 4.78 is 1.82. The molecule has 0 aliphatic carbocycles. The fourth-order valence-electron chi connectivity index (χ4n) is 2.84. The molecule has 0 aliphatic rings. The molecule has 0 spiro atoms. The molecule has 0 fully saturated rings.